The molecule has 1 saturated heterocycles. The number of ether oxygens (including phenoxy) is 2. The topological polar surface area (TPSA) is 93.2 Å². The molecule has 1 amide bonds. The van der Waals surface area contributed by atoms with E-state index in [9.17, 15) is 4.79 Å². The molecule has 1 aliphatic rings. The lowest BCUT2D eigenvalue weighted by atomic mass is 9.94. The van der Waals surface area contributed by atoms with Crippen LogP contribution in [0.3, 0.4) is 0 Å². The maximum Gasteiger partial charge on any atom is 0.271 e. The Morgan fingerprint density at radius 1 is 1.14 bits per heavy atom. The molecule has 28 heavy (non-hydrogen) atoms. The number of hydrogen-bond acceptors (Lipinski definition) is 6. The summed E-state index contributed by atoms with van der Waals surface area (Å²) >= 11 is 0. The van der Waals surface area contributed by atoms with Crippen molar-refractivity contribution in [3.63, 3.8) is 0 Å². The maximum absolute atomic E-state index is 12.7. The van der Waals surface area contributed by atoms with E-state index in [0.717, 1.165) is 18.5 Å². The molecule has 0 saturated carbocycles. The number of nitrogens with one attached hydrogen (secondary N) is 1. The van der Waals surface area contributed by atoms with E-state index in [1.54, 1.807) is 31.8 Å². The van der Waals surface area contributed by atoms with Crippen LogP contribution in [0.5, 0.6) is 17.4 Å². The number of para-hydroxylation sites is 2. The number of likely N-dealkylation sites (tertiary alicyclic amines) is 1. The number of benzene rings is 1. The van der Waals surface area contributed by atoms with E-state index >= 15 is 0 Å². The Hall–Kier alpha value is -3.42. The first-order valence-corrected chi connectivity index (χ1v) is 9.16. The van der Waals surface area contributed by atoms with Crippen LogP contribution >= 0.6 is 0 Å². The normalized spacial score (nSPS) is 16.6. The summed E-state index contributed by atoms with van der Waals surface area (Å²) in [5.41, 5.74) is 1.24. The lowest BCUT2D eigenvalue weighted by Crippen LogP contribution is -2.39. The summed E-state index contributed by atoms with van der Waals surface area (Å²) in [6.45, 7) is 1.26. The summed E-state index contributed by atoms with van der Waals surface area (Å²) in [4.78, 5) is 23.4. The second-order valence-corrected chi connectivity index (χ2v) is 6.56. The van der Waals surface area contributed by atoms with Crippen molar-refractivity contribution < 1.29 is 14.3 Å². The zero-order valence-electron chi connectivity index (χ0n) is 15.5. The monoisotopic (exact) mass is 379 g/mol. The Labute approximate surface area is 162 Å². The van der Waals surface area contributed by atoms with E-state index in [-0.39, 0.29) is 11.8 Å². The molecule has 1 unspecified atom stereocenters. The van der Waals surface area contributed by atoms with Gasteiger partial charge in [0.25, 0.3) is 5.91 Å². The average Bonchev–Trinajstić information content (AvgIpc) is 3.29. The Morgan fingerprint density at radius 3 is 2.75 bits per heavy atom. The van der Waals surface area contributed by atoms with Crippen molar-refractivity contribution in [1.29, 1.82) is 0 Å². The van der Waals surface area contributed by atoms with Crippen molar-refractivity contribution in [2.24, 2.45) is 0 Å². The van der Waals surface area contributed by atoms with Crippen LogP contribution in [0, 0.1) is 0 Å². The highest BCUT2D eigenvalue weighted by Crippen LogP contribution is 2.35. The highest BCUT2D eigenvalue weighted by Gasteiger charge is 2.29. The fourth-order valence-corrected chi connectivity index (χ4v) is 3.43. The molecule has 1 fully saturated rings. The van der Waals surface area contributed by atoms with Gasteiger partial charge in [-0.05, 0) is 31.0 Å². The smallest absolute Gasteiger partial charge is 0.271 e. The lowest BCUT2D eigenvalue weighted by molar-refractivity contribution is 0.0698. The predicted octanol–water partition coefficient (Wildman–Crippen LogP) is 3.02. The van der Waals surface area contributed by atoms with Gasteiger partial charge in [0.1, 0.15) is 11.4 Å². The summed E-state index contributed by atoms with van der Waals surface area (Å²) in [5.74, 6) is 1.62. The van der Waals surface area contributed by atoms with Crippen LogP contribution in [0.2, 0.25) is 0 Å². The second-order valence-electron chi connectivity index (χ2n) is 6.56. The van der Waals surface area contributed by atoms with Gasteiger partial charge < -0.3 is 14.4 Å². The van der Waals surface area contributed by atoms with E-state index < -0.39 is 0 Å². The summed E-state index contributed by atoms with van der Waals surface area (Å²) in [6, 6.07) is 9.09. The molecule has 1 aromatic carbocycles. The van der Waals surface area contributed by atoms with E-state index in [0.29, 0.717) is 36.2 Å². The molecule has 1 N–H and O–H groups in total. The maximum atomic E-state index is 12.7. The van der Waals surface area contributed by atoms with Crippen LogP contribution in [0.1, 0.15) is 34.9 Å². The van der Waals surface area contributed by atoms with Crippen molar-refractivity contribution >= 4 is 5.91 Å². The molecule has 0 radical (unpaired) electrons. The third-order valence-electron chi connectivity index (χ3n) is 4.79. The van der Waals surface area contributed by atoms with Gasteiger partial charge in [-0.25, -0.2) is 4.98 Å². The van der Waals surface area contributed by atoms with E-state index in [1.165, 1.54) is 0 Å². The van der Waals surface area contributed by atoms with Gasteiger partial charge in [0.2, 0.25) is 5.88 Å². The summed E-state index contributed by atoms with van der Waals surface area (Å²) in [6.07, 6.45) is 6.63. The number of aromatic amines is 1. The molecule has 8 nitrogen and oxygen atoms in total. The number of hydrogen-bond donors (Lipinski definition) is 1. The van der Waals surface area contributed by atoms with Crippen LogP contribution < -0.4 is 9.47 Å². The molecule has 8 heteroatoms. The van der Waals surface area contributed by atoms with Crippen molar-refractivity contribution in [3.05, 3.63) is 60.3 Å². The summed E-state index contributed by atoms with van der Waals surface area (Å²) in [7, 11) is 1.60. The Kier molecular flexibility index (Phi) is 5.18. The Morgan fingerprint density at radius 2 is 1.96 bits per heavy atom. The number of carbonyl (C=O) groups is 1. The van der Waals surface area contributed by atoms with Gasteiger partial charge in [0, 0.05) is 37.6 Å². The standard InChI is InChI=1S/C20H21N5O3/c1-27-16-6-2-3-7-17(16)28-19-18(21-10-11-22-19)14-5-4-12-25(13-14)20(26)15-8-9-23-24-15/h2-3,6-11,14H,4-5,12-13H2,1H3,(H,23,24). The lowest BCUT2D eigenvalue weighted by Gasteiger charge is -2.32. The molecular weight excluding hydrogens is 358 g/mol. The van der Waals surface area contributed by atoms with E-state index in [4.69, 9.17) is 9.47 Å². The fourth-order valence-electron chi connectivity index (χ4n) is 3.43. The first-order valence-electron chi connectivity index (χ1n) is 9.16. The van der Waals surface area contributed by atoms with Crippen LogP contribution in [0.4, 0.5) is 0 Å². The minimum absolute atomic E-state index is 0.0408. The Balaban J connectivity index is 1.56. The molecule has 1 aliphatic heterocycles. The number of amides is 1. The number of piperidine rings is 1. The first-order chi connectivity index (χ1) is 13.8. The third-order valence-corrected chi connectivity index (χ3v) is 4.79. The largest absolute Gasteiger partial charge is 0.493 e. The van der Waals surface area contributed by atoms with Gasteiger partial charge in [-0.15, -0.1) is 0 Å². The van der Waals surface area contributed by atoms with Gasteiger partial charge in [-0.3, -0.25) is 14.9 Å². The van der Waals surface area contributed by atoms with Crippen LogP contribution in [-0.4, -0.2) is 51.2 Å². The second kappa shape index (κ2) is 8.08. The molecule has 2 aromatic heterocycles. The highest BCUT2D eigenvalue weighted by atomic mass is 16.5. The molecule has 4 rings (SSSR count). The van der Waals surface area contributed by atoms with Crippen LogP contribution in [0.15, 0.2) is 48.9 Å². The molecule has 3 heterocycles. The van der Waals surface area contributed by atoms with E-state index in [2.05, 4.69) is 20.2 Å². The Bertz CT molecular complexity index is 945. The van der Waals surface area contributed by atoms with Gasteiger partial charge in [0.05, 0.1) is 7.11 Å². The molecule has 3 aromatic rings. The van der Waals surface area contributed by atoms with Gasteiger partial charge >= 0.3 is 0 Å². The zero-order chi connectivity index (χ0) is 19.3. The molecule has 144 valence electrons. The first kappa shape index (κ1) is 18.0. The number of rotatable bonds is 5. The molecule has 0 spiro atoms. The van der Waals surface area contributed by atoms with E-state index in [1.807, 2.05) is 29.2 Å². The van der Waals surface area contributed by atoms with Crippen LogP contribution in [-0.2, 0) is 0 Å². The summed E-state index contributed by atoms with van der Waals surface area (Å²) < 4.78 is 11.4. The minimum Gasteiger partial charge on any atom is -0.493 e. The average molecular weight is 379 g/mol. The zero-order valence-corrected chi connectivity index (χ0v) is 15.5. The summed E-state index contributed by atoms with van der Waals surface area (Å²) in [5, 5.41) is 6.60. The molecule has 0 bridgehead atoms. The van der Waals surface area contributed by atoms with Crippen molar-refractivity contribution in [2.45, 2.75) is 18.8 Å². The van der Waals surface area contributed by atoms with Gasteiger partial charge in [-0.2, -0.15) is 5.10 Å². The van der Waals surface area contributed by atoms with Crippen molar-refractivity contribution in [2.75, 3.05) is 20.2 Å². The number of H-pyrrole nitrogens is 1. The van der Waals surface area contributed by atoms with Crippen molar-refractivity contribution in [3.8, 4) is 17.4 Å². The third kappa shape index (κ3) is 3.66. The minimum atomic E-state index is -0.0571. The molecular formula is C20H21N5O3. The number of methoxy groups -OCH3 is 1. The number of nitrogens with zero attached hydrogens (tertiary/aromatic N) is 4. The van der Waals surface area contributed by atoms with Crippen molar-refractivity contribution in [1.82, 2.24) is 25.1 Å². The quantitative estimate of drug-likeness (QED) is 0.732. The molecule has 1 atom stereocenters. The SMILES string of the molecule is COc1ccccc1Oc1nccnc1C1CCCN(C(=O)c2ccn[nH]2)C1. The predicted molar refractivity (Wildman–Crippen MR) is 102 cm³/mol. The van der Waals surface area contributed by atoms with Crippen LogP contribution in [0.25, 0.3) is 0 Å². The number of carbonyl (C=O) groups excluding carboxylic acids is 1. The fraction of sp³-hybridized carbons (Fsp3) is 0.300. The number of aromatic nitrogens is 4. The van der Waals surface area contributed by atoms with Gasteiger partial charge in [-0.1, -0.05) is 12.1 Å². The molecule has 0 aliphatic carbocycles. The highest BCUT2D eigenvalue weighted by molar-refractivity contribution is 5.92. The van der Waals surface area contributed by atoms with Gasteiger partial charge in [0.15, 0.2) is 11.5 Å².